The largest absolute Gasteiger partial charge is 0.454 e. The summed E-state index contributed by atoms with van der Waals surface area (Å²) in [6.07, 6.45) is 3.28. The number of rotatable bonds is 5. The highest BCUT2D eigenvalue weighted by Gasteiger charge is 2.20. The van der Waals surface area contributed by atoms with Gasteiger partial charge in [-0.15, -0.1) is 0 Å². The number of aromatic nitrogens is 3. The molecule has 0 spiro atoms. The molecule has 8 heteroatoms. The first-order valence-electron chi connectivity index (χ1n) is 10.6. The van der Waals surface area contributed by atoms with E-state index in [0.29, 0.717) is 26.8 Å². The standard InChI is InChI=1S/C26H19BrF3N3O/c1-13(17-4-3-5-19(27)24(17)30)23-12-32-26(33-23)18-10-15(6-7-20(18)28)34-25-14(2)16-8-9-31-22(16)11-21(25)29/h3-13,31H,1-2H3,(H,32,33). The van der Waals surface area contributed by atoms with Gasteiger partial charge >= 0.3 is 0 Å². The first-order chi connectivity index (χ1) is 16.3. The molecule has 0 aliphatic carbocycles. The van der Waals surface area contributed by atoms with Gasteiger partial charge in [-0.2, -0.15) is 0 Å². The average molecular weight is 526 g/mol. The molecule has 0 bridgehead atoms. The highest BCUT2D eigenvalue weighted by atomic mass is 79.9. The van der Waals surface area contributed by atoms with Crippen LogP contribution in [0.4, 0.5) is 13.2 Å². The summed E-state index contributed by atoms with van der Waals surface area (Å²) in [5, 5.41) is 0.836. The summed E-state index contributed by atoms with van der Waals surface area (Å²) < 4.78 is 50.1. The van der Waals surface area contributed by atoms with Crippen LogP contribution in [-0.4, -0.2) is 15.0 Å². The van der Waals surface area contributed by atoms with Crippen LogP contribution in [0.5, 0.6) is 11.5 Å². The molecule has 34 heavy (non-hydrogen) atoms. The van der Waals surface area contributed by atoms with E-state index in [-0.39, 0.29) is 34.6 Å². The second kappa shape index (κ2) is 8.68. The molecule has 5 rings (SSSR count). The second-order valence-electron chi connectivity index (χ2n) is 8.05. The van der Waals surface area contributed by atoms with Crippen molar-refractivity contribution in [3.05, 3.63) is 99.7 Å². The van der Waals surface area contributed by atoms with Crippen LogP contribution in [0.3, 0.4) is 0 Å². The molecule has 5 aromatic rings. The van der Waals surface area contributed by atoms with Crippen LogP contribution in [0.25, 0.3) is 22.3 Å². The fourth-order valence-electron chi connectivity index (χ4n) is 4.03. The van der Waals surface area contributed by atoms with Crippen LogP contribution < -0.4 is 4.74 Å². The summed E-state index contributed by atoms with van der Waals surface area (Å²) in [7, 11) is 0. The number of hydrogen-bond donors (Lipinski definition) is 2. The maximum Gasteiger partial charge on any atom is 0.168 e. The molecule has 0 amide bonds. The zero-order chi connectivity index (χ0) is 24.0. The summed E-state index contributed by atoms with van der Waals surface area (Å²) in [6, 6.07) is 12.4. The van der Waals surface area contributed by atoms with Gasteiger partial charge in [-0.25, -0.2) is 18.2 Å². The van der Waals surface area contributed by atoms with E-state index >= 15 is 0 Å². The zero-order valence-corrected chi connectivity index (χ0v) is 19.8. The van der Waals surface area contributed by atoms with Crippen molar-refractivity contribution >= 4 is 26.8 Å². The van der Waals surface area contributed by atoms with Crippen LogP contribution in [0.2, 0.25) is 0 Å². The predicted molar refractivity (Wildman–Crippen MR) is 129 cm³/mol. The van der Waals surface area contributed by atoms with Crippen LogP contribution in [0.1, 0.15) is 29.7 Å². The van der Waals surface area contributed by atoms with Crippen molar-refractivity contribution in [3.63, 3.8) is 0 Å². The minimum atomic E-state index is -0.525. The van der Waals surface area contributed by atoms with Crippen molar-refractivity contribution in [2.45, 2.75) is 19.8 Å². The number of benzene rings is 3. The molecule has 2 N–H and O–H groups in total. The van der Waals surface area contributed by atoms with E-state index in [9.17, 15) is 13.2 Å². The fourth-order valence-corrected chi connectivity index (χ4v) is 4.41. The minimum Gasteiger partial charge on any atom is -0.454 e. The molecule has 3 aromatic carbocycles. The Kier molecular flexibility index (Phi) is 5.69. The Morgan fingerprint density at radius 1 is 1.03 bits per heavy atom. The monoisotopic (exact) mass is 525 g/mol. The number of halogens is 4. The Balaban J connectivity index is 1.48. The Morgan fingerprint density at radius 2 is 1.85 bits per heavy atom. The number of aryl methyl sites for hydroxylation is 1. The van der Waals surface area contributed by atoms with Gasteiger partial charge in [0.05, 0.1) is 10.0 Å². The average Bonchev–Trinajstić information content (AvgIpc) is 3.49. The topological polar surface area (TPSA) is 53.7 Å². The van der Waals surface area contributed by atoms with Gasteiger partial charge in [0.2, 0.25) is 0 Å². The Morgan fingerprint density at radius 3 is 2.68 bits per heavy atom. The number of nitrogens with zero attached hydrogens (tertiary/aromatic N) is 1. The molecule has 1 unspecified atom stereocenters. The molecule has 0 aliphatic rings. The maximum atomic E-state index is 14.7. The first-order valence-corrected chi connectivity index (χ1v) is 11.4. The number of ether oxygens (including phenoxy) is 1. The molecule has 2 aromatic heterocycles. The molecule has 0 saturated heterocycles. The molecular weight excluding hydrogens is 507 g/mol. The Hall–Kier alpha value is -3.52. The van der Waals surface area contributed by atoms with Crippen molar-refractivity contribution in [2.75, 3.05) is 0 Å². The van der Waals surface area contributed by atoms with E-state index < -0.39 is 11.6 Å². The van der Waals surface area contributed by atoms with Crippen molar-refractivity contribution in [1.29, 1.82) is 0 Å². The maximum absolute atomic E-state index is 14.7. The summed E-state index contributed by atoms with van der Waals surface area (Å²) in [6.45, 7) is 3.60. The molecular formula is C26H19BrF3N3O. The van der Waals surface area contributed by atoms with Crippen molar-refractivity contribution < 1.29 is 17.9 Å². The highest BCUT2D eigenvalue weighted by Crippen LogP contribution is 2.36. The normalized spacial score (nSPS) is 12.3. The summed E-state index contributed by atoms with van der Waals surface area (Å²) >= 11 is 3.20. The van der Waals surface area contributed by atoms with Gasteiger partial charge < -0.3 is 14.7 Å². The first kappa shape index (κ1) is 22.3. The van der Waals surface area contributed by atoms with Crippen LogP contribution in [0.15, 0.2) is 65.4 Å². The van der Waals surface area contributed by atoms with Crippen LogP contribution in [-0.2, 0) is 0 Å². The summed E-state index contributed by atoms with van der Waals surface area (Å²) in [5.41, 5.74) is 2.56. The fraction of sp³-hybridized carbons (Fsp3) is 0.115. The molecule has 172 valence electrons. The number of fused-ring (bicyclic) bond motifs is 1. The van der Waals surface area contributed by atoms with Gasteiger partial charge in [0.25, 0.3) is 0 Å². The Bertz CT molecular complexity index is 1530. The van der Waals surface area contributed by atoms with Crippen molar-refractivity contribution in [1.82, 2.24) is 15.0 Å². The molecule has 0 aliphatic heterocycles. The number of aromatic amines is 2. The summed E-state index contributed by atoms with van der Waals surface area (Å²) in [5.74, 6) is -1.15. The molecule has 0 saturated carbocycles. The van der Waals surface area contributed by atoms with E-state index in [2.05, 4.69) is 30.9 Å². The number of H-pyrrole nitrogens is 2. The second-order valence-corrected chi connectivity index (χ2v) is 8.90. The SMILES string of the molecule is Cc1c(Oc2ccc(F)c(-c3ncc(C(C)c4cccc(Br)c4F)[nH]3)c2)c(F)cc2[nH]ccc12. The van der Waals surface area contributed by atoms with Crippen molar-refractivity contribution in [3.8, 4) is 22.9 Å². The number of imidazole rings is 1. The van der Waals surface area contributed by atoms with Gasteiger partial charge in [-0.1, -0.05) is 19.1 Å². The van der Waals surface area contributed by atoms with E-state index in [1.807, 2.05) is 13.0 Å². The molecule has 0 radical (unpaired) electrons. The summed E-state index contributed by atoms with van der Waals surface area (Å²) in [4.78, 5) is 10.4. The molecule has 0 fully saturated rings. The van der Waals surface area contributed by atoms with Crippen LogP contribution >= 0.6 is 15.9 Å². The van der Waals surface area contributed by atoms with E-state index in [4.69, 9.17) is 4.74 Å². The predicted octanol–water partition coefficient (Wildman–Crippen LogP) is 7.99. The lowest BCUT2D eigenvalue weighted by Gasteiger charge is -2.13. The lowest BCUT2D eigenvalue weighted by molar-refractivity contribution is 0.439. The molecule has 4 nitrogen and oxygen atoms in total. The smallest absolute Gasteiger partial charge is 0.168 e. The Labute approximate surface area is 201 Å². The lowest BCUT2D eigenvalue weighted by atomic mass is 9.98. The number of hydrogen-bond acceptors (Lipinski definition) is 2. The van der Waals surface area contributed by atoms with Gasteiger partial charge in [0.15, 0.2) is 11.6 Å². The van der Waals surface area contributed by atoms with Gasteiger partial charge in [-0.3, -0.25) is 0 Å². The van der Waals surface area contributed by atoms with E-state index in [1.54, 1.807) is 37.5 Å². The van der Waals surface area contributed by atoms with E-state index in [0.717, 1.165) is 5.39 Å². The zero-order valence-electron chi connectivity index (χ0n) is 18.2. The highest BCUT2D eigenvalue weighted by molar-refractivity contribution is 9.10. The van der Waals surface area contributed by atoms with Gasteiger partial charge in [0.1, 0.15) is 23.2 Å². The number of nitrogens with one attached hydrogen (secondary N) is 2. The molecule has 2 heterocycles. The van der Waals surface area contributed by atoms with Crippen LogP contribution in [0, 0.1) is 24.4 Å². The van der Waals surface area contributed by atoms with Gasteiger partial charge in [-0.05, 0) is 58.7 Å². The minimum absolute atomic E-state index is 0.0727. The van der Waals surface area contributed by atoms with Crippen molar-refractivity contribution in [2.24, 2.45) is 0 Å². The third kappa shape index (κ3) is 3.88. The van der Waals surface area contributed by atoms with E-state index in [1.165, 1.54) is 24.3 Å². The third-order valence-corrected chi connectivity index (χ3v) is 6.55. The molecule has 1 atom stereocenters. The third-order valence-electron chi connectivity index (χ3n) is 5.93. The lowest BCUT2D eigenvalue weighted by Crippen LogP contribution is -2.00. The van der Waals surface area contributed by atoms with Gasteiger partial charge in [0, 0.05) is 46.5 Å². The quantitative estimate of drug-likeness (QED) is 0.244.